The Morgan fingerprint density at radius 1 is 0.964 bits per heavy atom. The minimum atomic E-state index is -0.334. The lowest BCUT2D eigenvalue weighted by Crippen LogP contribution is -2.24. The number of ether oxygens (including phenoxy) is 1. The highest BCUT2D eigenvalue weighted by Crippen LogP contribution is 2.16. The Bertz CT molecular complexity index is 941. The molecule has 2 aromatic carbocycles. The molecule has 1 aromatic heterocycles. The van der Waals surface area contributed by atoms with Gasteiger partial charge >= 0.3 is 0 Å². The van der Waals surface area contributed by atoms with E-state index in [1.165, 1.54) is 12.3 Å². The zero-order valence-electron chi connectivity index (χ0n) is 15.5. The summed E-state index contributed by atoms with van der Waals surface area (Å²) in [5.41, 5.74) is 2.17. The van der Waals surface area contributed by atoms with Crippen molar-refractivity contribution < 1.29 is 14.3 Å². The first-order valence-corrected chi connectivity index (χ1v) is 8.98. The van der Waals surface area contributed by atoms with Crippen LogP contribution < -0.4 is 15.4 Å². The fourth-order valence-electron chi connectivity index (χ4n) is 2.57. The van der Waals surface area contributed by atoms with Crippen LogP contribution in [0.1, 0.15) is 33.3 Å². The standard InChI is InChI=1S/C22H21N3O3/c1-2-28-19-10-8-18(9-11-19)25-21(26)17-12-13-23-20(14-17)22(27)24-15-16-6-4-3-5-7-16/h3-14H,2,15H2,1H3,(H,24,27)(H,25,26). The van der Waals surface area contributed by atoms with Crippen LogP contribution in [0.3, 0.4) is 0 Å². The van der Waals surface area contributed by atoms with Crippen molar-refractivity contribution in [3.63, 3.8) is 0 Å². The maximum atomic E-state index is 12.5. The molecule has 28 heavy (non-hydrogen) atoms. The van der Waals surface area contributed by atoms with Crippen molar-refractivity contribution in [1.29, 1.82) is 0 Å². The number of hydrogen-bond acceptors (Lipinski definition) is 4. The number of rotatable bonds is 7. The molecule has 0 bridgehead atoms. The summed E-state index contributed by atoms with van der Waals surface area (Å²) in [5, 5.41) is 5.60. The summed E-state index contributed by atoms with van der Waals surface area (Å²) in [4.78, 5) is 28.9. The van der Waals surface area contributed by atoms with Crippen molar-refractivity contribution in [2.24, 2.45) is 0 Å². The smallest absolute Gasteiger partial charge is 0.270 e. The highest BCUT2D eigenvalue weighted by molar-refractivity contribution is 6.05. The molecule has 3 rings (SSSR count). The SMILES string of the molecule is CCOc1ccc(NC(=O)c2ccnc(C(=O)NCc3ccccc3)c2)cc1. The molecule has 0 unspecified atom stereocenters. The molecule has 0 aliphatic heterocycles. The fourth-order valence-corrected chi connectivity index (χ4v) is 2.57. The number of pyridine rings is 1. The third-order valence-electron chi connectivity index (χ3n) is 3.97. The van der Waals surface area contributed by atoms with Crippen LogP contribution in [0.25, 0.3) is 0 Å². The van der Waals surface area contributed by atoms with Crippen molar-refractivity contribution in [3.05, 3.63) is 89.7 Å². The minimum absolute atomic E-state index is 0.190. The number of carbonyl (C=O) groups excluding carboxylic acids is 2. The van der Waals surface area contributed by atoms with Crippen LogP contribution in [0, 0.1) is 0 Å². The van der Waals surface area contributed by atoms with Gasteiger partial charge in [0.15, 0.2) is 0 Å². The average molecular weight is 375 g/mol. The third-order valence-corrected chi connectivity index (χ3v) is 3.97. The van der Waals surface area contributed by atoms with Gasteiger partial charge in [0.05, 0.1) is 6.61 Å². The second-order valence-corrected chi connectivity index (χ2v) is 6.01. The van der Waals surface area contributed by atoms with E-state index in [0.717, 1.165) is 11.3 Å². The quantitative estimate of drug-likeness (QED) is 0.660. The van der Waals surface area contributed by atoms with Crippen LogP contribution >= 0.6 is 0 Å². The monoisotopic (exact) mass is 375 g/mol. The molecule has 142 valence electrons. The Labute approximate surface area is 163 Å². The topological polar surface area (TPSA) is 80.3 Å². The molecule has 0 saturated carbocycles. The highest BCUT2D eigenvalue weighted by atomic mass is 16.5. The highest BCUT2D eigenvalue weighted by Gasteiger charge is 2.12. The van der Waals surface area contributed by atoms with Crippen LogP contribution in [0.15, 0.2) is 72.9 Å². The number of anilines is 1. The number of amides is 2. The number of carbonyl (C=O) groups is 2. The Hall–Kier alpha value is -3.67. The Kier molecular flexibility index (Phi) is 6.36. The zero-order chi connectivity index (χ0) is 19.8. The average Bonchev–Trinajstić information content (AvgIpc) is 2.74. The van der Waals surface area contributed by atoms with E-state index in [2.05, 4.69) is 15.6 Å². The summed E-state index contributed by atoms with van der Waals surface area (Å²) >= 11 is 0. The van der Waals surface area contributed by atoms with Gasteiger partial charge in [-0.1, -0.05) is 30.3 Å². The Morgan fingerprint density at radius 3 is 2.43 bits per heavy atom. The molecule has 0 saturated heterocycles. The minimum Gasteiger partial charge on any atom is -0.494 e. The lowest BCUT2D eigenvalue weighted by Gasteiger charge is -2.08. The molecule has 0 fully saturated rings. The predicted octanol–water partition coefficient (Wildman–Crippen LogP) is 3.66. The maximum Gasteiger partial charge on any atom is 0.270 e. The van der Waals surface area contributed by atoms with E-state index in [1.807, 2.05) is 37.3 Å². The summed E-state index contributed by atoms with van der Waals surface area (Å²) < 4.78 is 5.38. The molecule has 0 atom stereocenters. The van der Waals surface area contributed by atoms with Crippen LogP contribution in [-0.4, -0.2) is 23.4 Å². The predicted molar refractivity (Wildman–Crippen MR) is 107 cm³/mol. The van der Waals surface area contributed by atoms with Gasteiger partial charge in [-0.2, -0.15) is 0 Å². The van der Waals surface area contributed by atoms with Crippen LogP contribution in [0.5, 0.6) is 5.75 Å². The molecule has 2 N–H and O–H groups in total. The molecule has 6 nitrogen and oxygen atoms in total. The number of nitrogens with one attached hydrogen (secondary N) is 2. The van der Waals surface area contributed by atoms with Crippen molar-refractivity contribution in [2.75, 3.05) is 11.9 Å². The first-order valence-electron chi connectivity index (χ1n) is 8.98. The van der Waals surface area contributed by atoms with Gasteiger partial charge in [0.1, 0.15) is 11.4 Å². The van der Waals surface area contributed by atoms with Gasteiger partial charge < -0.3 is 15.4 Å². The number of hydrogen-bond donors (Lipinski definition) is 2. The van der Waals surface area contributed by atoms with Crippen molar-refractivity contribution in [3.8, 4) is 5.75 Å². The molecule has 6 heteroatoms. The first kappa shape index (κ1) is 19.1. The first-order chi connectivity index (χ1) is 13.7. The summed E-state index contributed by atoms with van der Waals surface area (Å²) in [6.07, 6.45) is 1.45. The largest absolute Gasteiger partial charge is 0.494 e. The molecular formula is C22H21N3O3. The van der Waals surface area contributed by atoms with E-state index < -0.39 is 0 Å². The van der Waals surface area contributed by atoms with Crippen LogP contribution in [-0.2, 0) is 6.54 Å². The second-order valence-electron chi connectivity index (χ2n) is 6.01. The van der Waals surface area contributed by atoms with E-state index in [0.29, 0.717) is 24.4 Å². The lowest BCUT2D eigenvalue weighted by molar-refractivity contribution is 0.0946. The second kappa shape index (κ2) is 9.32. The van der Waals surface area contributed by atoms with Crippen molar-refractivity contribution >= 4 is 17.5 Å². The molecule has 0 aliphatic carbocycles. The maximum absolute atomic E-state index is 12.5. The van der Waals surface area contributed by atoms with Gasteiger partial charge in [-0.05, 0) is 48.9 Å². The van der Waals surface area contributed by atoms with Crippen molar-refractivity contribution in [2.45, 2.75) is 13.5 Å². The summed E-state index contributed by atoms with van der Waals surface area (Å²) in [7, 11) is 0. The van der Waals surface area contributed by atoms with E-state index in [-0.39, 0.29) is 17.5 Å². The number of nitrogens with zero attached hydrogens (tertiary/aromatic N) is 1. The van der Waals surface area contributed by atoms with Crippen molar-refractivity contribution in [1.82, 2.24) is 10.3 Å². The molecule has 0 spiro atoms. The molecular weight excluding hydrogens is 354 g/mol. The van der Waals surface area contributed by atoms with Gasteiger partial charge in [0.25, 0.3) is 11.8 Å². The van der Waals surface area contributed by atoms with E-state index in [4.69, 9.17) is 4.74 Å². The van der Waals surface area contributed by atoms with Gasteiger partial charge in [-0.25, -0.2) is 0 Å². The summed E-state index contributed by atoms with van der Waals surface area (Å²) in [6.45, 7) is 2.88. The summed E-state index contributed by atoms with van der Waals surface area (Å²) in [6, 6.07) is 19.7. The van der Waals surface area contributed by atoms with Gasteiger partial charge in [-0.15, -0.1) is 0 Å². The molecule has 0 radical (unpaired) electrons. The van der Waals surface area contributed by atoms with Gasteiger partial charge in [0, 0.05) is 24.0 Å². The Morgan fingerprint density at radius 2 is 1.71 bits per heavy atom. The number of aromatic nitrogens is 1. The van der Waals surface area contributed by atoms with E-state index >= 15 is 0 Å². The molecule has 2 amide bonds. The summed E-state index contributed by atoms with van der Waals surface area (Å²) in [5.74, 6) is 0.0880. The third kappa shape index (κ3) is 5.17. The van der Waals surface area contributed by atoms with E-state index in [9.17, 15) is 9.59 Å². The Balaban J connectivity index is 1.63. The van der Waals surface area contributed by atoms with Gasteiger partial charge in [0.2, 0.25) is 0 Å². The lowest BCUT2D eigenvalue weighted by atomic mass is 10.2. The molecule has 0 aliphatic rings. The van der Waals surface area contributed by atoms with E-state index in [1.54, 1.807) is 30.3 Å². The number of benzene rings is 2. The normalized spacial score (nSPS) is 10.2. The molecule has 3 aromatic rings. The van der Waals surface area contributed by atoms with Gasteiger partial charge in [-0.3, -0.25) is 14.6 Å². The zero-order valence-corrected chi connectivity index (χ0v) is 15.5. The van der Waals surface area contributed by atoms with Crippen LogP contribution in [0.4, 0.5) is 5.69 Å². The molecule has 1 heterocycles. The fraction of sp³-hybridized carbons (Fsp3) is 0.136. The van der Waals surface area contributed by atoms with Crippen LogP contribution in [0.2, 0.25) is 0 Å².